The van der Waals surface area contributed by atoms with Gasteiger partial charge in [-0.2, -0.15) is 0 Å². The zero-order chi connectivity index (χ0) is 26.3. The Morgan fingerprint density at radius 2 is 1.95 bits per heavy atom. The summed E-state index contributed by atoms with van der Waals surface area (Å²) >= 11 is 12.2. The summed E-state index contributed by atoms with van der Waals surface area (Å²) < 4.78 is 46.5. The number of aliphatic hydroxyl groups is 1. The van der Waals surface area contributed by atoms with E-state index in [-0.39, 0.29) is 43.6 Å². The second-order valence-electron chi connectivity index (χ2n) is 8.70. The minimum absolute atomic E-state index is 0.0595. The number of nitrogens with two attached hydrogens (primary N) is 1. The fraction of sp³-hybridized carbons (Fsp3) is 0.250. The van der Waals surface area contributed by atoms with E-state index < -0.39 is 22.4 Å². The van der Waals surface area contributed by atoms with E-state index in [1.54, 1.807) is 6.20 Å². The Labute approximate surface area is 222 Å². The van der Waals surface area contributed by atoms with E-state index in [2.05, 4.69) is 20.0 Å². The highest BCUT2D eigenvalue weighted by molar-refractivity contribution is 7.92. The largest absolute Gasteiger partial charge is 0.392 e. The maximum absolute atomic E-state index is 15.9. The van der Waals surface area contributed by atoms with Crippen LogP contribution in [-0.2, 0) is 16.6 Å². The molecule has 0 bridgehead atoms. The van der Waals surface area contributed by atoms with Crippen molar-refractivity contribution >= 4 is 55.8 Å². The van der Waals surface area contributed by atoms with Crippen molar-refractivity contribution in [2.45, 2.75) is 30.4 Å². The van der Waals surface area contributed by atoms with Gasteiger partial charge < -0.3 is 20.7 Å². The summed E-state index contributed by atoms with van der Waals surface area (Å²) in [7, 11) is -4.36. The molecule has 37 heavy (non-hydrogen) atoms. The third-order valence-corrected chi connectivity index (χ3v) is 8.58. The molecule has 0 atom stereocenters. The molecule has 0 amide bonds. The highest BCUT2D eigenvalue weighted by Crippen LogP contribution is 2.39. The number of nitrogens with one attached hydrogen (secondary N) is 2. The lowest BCUT2D eigenvalue weighted by Gasteiger charge is -2.24. The van der Waals surface area contributed by atoms with Crippen molar-refractivity contribution < 1.29 is 17.9 Å². The first-order chi connectivity index (χ1) is 17.7. The Balaban J connectivity index is 1.60. The van der Waals surface area contributed by atoms with Crippen LogP contribution in [-0.4, -0.2) is 41.1 Å². The first-order valence-electron chi connectivity index (χ1n) is 11.4. The molecule has 194 valence electrons. The predicted molar refractivity (Wildman–Crippen MR) is 142 cm³/mol. The van der Waals surface area contributed by atoms with Gasteiger partial charge in [0.15, 0.2) is 5.82 Å². The number of aliphatic hydroxyl groups excluding tert-OH is 1. The van der Waals surface area contributed by atoms with Gasteiger partial charge in [-0.25, -0.2) is 22.8 Å². The smallest absolute Gasteiger partial charge is 0.263 e. The summed E-state index contributed by atoms with van der Waals surface area (Å²) in [5.74, 6) is -0.612. The monoisotopic (exact) mass is 564 g/mol. The predicted octanol–water partition coefficient (Wildman–Crippen LogP) is 4.34. The molecule has 2 aromatic heterocycles. The van der Waals surface area contributed by atoms with Crippen LogP contribution in [0.2, 0.25) is 10.0 Å². The molecule has 0 radical (unpaired) electrons. The number of sulfonamides is 1. The van der Waals surface area contributed by atoms with Crippen LogP contribution in [0, 0.1) is 5.82 Å². The van der Waals surface area contributed by atoms with Crippen molar-refractivity contribution in [2.75, 3.05) is 23.5 Å². The van der Waals surface area contributed by atoms with E-state index in [9.17, 15) is 13.5 Å². The van der Waals surface area contributed by atoms with E-state index in [0.717, 1.165) is 32.0 Å². The zero-order valence-corrected chi connectivity index (χ0v) is 21.7. The Hall–Kier alpha value is -2.96. The molecule has 5 N–H and O–H groups in total. The minimum atomic E-state index is -4.36. The highest BCUT2D eigenvalue weighted by atomic mass is 35.5. The normalized spacial score (nSPS) is 14.8. The lowest BCUT2D eigenvalue weighted by atomic mass is 10.0. The molecule has 1 aliphatic heterocycles. The average molecular weight is 565 g/mol. The van der Waals surface area contributed by atoms with Crippen molar-refractivity contribution in [3.63, 3.8) is 0 Å². The van der Waals surface area contributed by atoms with E-state index in [0.29, 0.717) is 16.6 Å². The fourth-order valence-corrected chi connectivity index (χ4v) is 6.61. The topological polar surface area (TPSA) is 135 Å². The van der Waals surface area contributed by atoms with Gasteiger partial charge in [0.1, 0.15) is 22.7 Å². The van der Waals surface area contributed by atoms with Crippen molar-refractivity contribution in [1.29, 1.82) is 0 Å². The number of piperidine rings is 1. The van der Waals surface area contributed by atoms with Crippen LogP contribution in [0.1, 0.15) is 24.4 Å². The molecule has 3 heterocycles. The van der Waals surface area contributed by atoms with Gasteiger partial charge in [-0.1, -0.05) is 35.3 Å². The molecule has 0 aliphatic carbocycles. The van der Waals surface area contributed by atoms with Crippen LogP contribution >= 0.6 is 23.2 Å². The molecule has 0 saturated carbocycles. The van der Waals surface area contributed by atoms with Gasteiger partial charge in [-0.3, -0.25) is 4.72 Å². The van der Waals surface area contributed by atoms with Gasteiger partial charge in [0.25, 0.3) is 10.0 Å². The van der Waals surface area contributed by atoms with Crippen molar-refractivity contribution in [2.24, 2.45) is 0 Å². The molecule has 1 aliphatic rings. The number of nitrogens with zero attached hydrogens (tertiary/aromatic N) is 3. The van der Waals surface area contributed by atoms with Crippen LogP contribution in [0.5, 0.6) is 0 Å². The standard InChI is InChI=1S/C24H23Cl2FN6O3S/c25-14-8-13(11-34)21(26)19(9-14)37(35,36)32-18-3-1-2-16(22(18)27)17-10-33(15-4-6-29-7-5-15)24-20(17)23(28)30-12-31-24/h1-3,8-10,12,15,29,32,34H,4-7,11H2,(H2,28,30,31). The van der Waals surface area contributed by atoms with Crippen LogP contribution in [0.4, 0.5) is 15.9 Å². The molecule has 1 fully saturated rings. The van der Waals surface area contributed by atoms with Crippen LogP contribution < -0.4 is 15.8 Å². The van der Waals surface area contributed by atoms with Gasteiger partial charge in [-0.15, -0.1) is 0 Å². The first kappa shape index (κ1) is 25.7. The number of benzene rings is 2. The Morgan fingerprint density at radius 3 is 2.68 bits per heavy atom. The van der Waals surface area contributed by atoms with Gasteiger partial charge in [-0.05, 0) is 49.7 Å². The Morgan fingerprint density at radius 1 is 1.19 bits per heavy atom. The molecule has 5 rings (SSSR count). The molecule has 0 spiro atoms. The number of aromatic nitrogens is 3. The zero-order valence-electron chi connectivity index (χ0n) is 19.4. The number of halogens is 3. The van der Waals surface area contributed by atoms with Crippen LogP contribution in [0.15, 0.2) is 47.8 Å². The van der Waals surface area contributed by atoms with Gasteiger partial charge in [0, 0.05) is 28.4 Å². The quantitative estimate of drug-likeness (QED) is 0.273. The summed E-state index contributed by atoms with van der Waals surface area (Å²) in [6.07, 6.45) is 4.90. The molecule has 9 nitrogen and oxygen atoms in total. The minimum Gasteiger partial charge on any atom is -0.392 e. The molecule has 2 aromatic carbocycles. The molecule has 13 heteroatoms. The van der Waals surface area contributed by atoms with Crippen molar-refractivity contribution in [3.8, 4) is 11.1 Å². The molecular weight excluding hydrogens is 542 g/mol. The van der Waals surface area contributed by atoms with Crippen LogP contribution in [0.3, 0.4) is 0 Å². The lowest BCUT2D eigenvalue weighted by Crippen LogP contribution is -2.29. The fourth-order valence-electron chi connectivity index (χ4n) is 4.62. The lowest BCUT2D eigenvalue weighted by molar-refractivity contribution is 0.281. The van der Waals surface area contributed by atoms with Gasteiger partial charge in [0.2, 0.25) is 0 Å². The number of hydrogen-bond acceptors (Lipinski definition) is 7. The van der Waals surface area contributed by atoms with E-state index >= 15 is 4.39 Å². The van der Waals surface area contributed by atoms with Gasteiger partial charge >= 0.3 is 0 Å². The summed E-state index contributed by atoms with van der Waals surface area (Å²) in [6, 6.07) is 7.00. The number of hydrogen-bond donors (Lipinski definition) is 4. The van der Waals surface area contributed by atoms with Crippen molar-refractivity contribution in [3.05, 3.63) is 64.3 Å². The van der Waals surface area contributed by atoms with Crippen molar-refractivity contribution in [1.82, 2.24) is 19.9 Å². The maximum atomic E-state index is 15.9. The summed E-state index contributed by atoms with van der Waals surface area (Å²) in [4.78, 5) is 8.14. The summed E-state index contributed by atoms with van der Waals surface area (Å²) in [5.41, 5.74) is 7.21. The molecule has 1 saturated heterocycles. The molecule has 0 unspecified atom stereocenters. The third kappa shape index (κ3) is 4.73. The summed E-state index contributed by atoms with van der Waals surface area (Å²) in [5, 5.41) is 13.2. The molecule has 4 aromatic rings. The van der Waals surface area contributed by atoms with Crippen LogP contribution in [0.25, 0.3) is 22.2 Å². The second kappa shape index (κ2) is 10.1. The number of nitrogen functional groups attached to an aromatic ring is 1. The van der Waals surface area contributed by atoms with Gasteiger partial charge in [0.05, 0.1) is 22.7 Å². The SMILES string of the molecule is Nc1ncnc2c1c(-c1cccc(NS(=O)(=O)c3cc(Cl)cc(CO)c3Cl)c1F)cn2C1CCNCC1. The summed E-state index contributed by atoms with van der Waals surface area (Å²) in [6.45, 7) is 1.17. The second-order valence-corrected chi connectivity index (χ2v) is 11.2. The van der Waals surface area contributed by atoms with E-state index in [1.807, 2.05) is 4.57 Å². The third-order valence-electron chi connectivity index (χ3n) is 6.41. The van der Waals surface area contributed by atoms with E-state index in [1.165, 1.54) is 30.6 Å². The maximum Gasteiger partial charge on any atom is 0.263 e. The van der Waals surface area contributed by atoms with E-state index in [4.69, 9.17) is 28.9 Å². The number of anilines is 2. The first-order valence-corrected chi connectivity index (χ1v) is 13.7. The number of fused-ring (bicyclic) bond motifs is 1. The Kier molecular flexibility index (Phi) is 6.99. The molecular formula is C24H23Cl2FN6O3S. The average Bonchev–Trinajstić information content (AvgIpc) is 3.27. The Bertz CT molecular complexity index is 1610. The highest BCUT2D eigenvalue weighted by Gasteiger charge is 2.26. The number of rotatable bonds is 6.